The molecular weight excluding hydrogens is 306 g/mol. The standard InChI is InChI=1S/C19H19NO4/c1-22-16-5-3-2-4-15(16)13-20-19(21)9-7-14-6-8-17-18(12-14)24-11-10-23-17/h2-9,12H,10-11,13H2,1H3,(H,20,21)/b9-7+. The maximum absolute atomic E-state index is 12.0. The largest absolute Gasteiger partial charge is 0.496 e. The molecule has 0 atom stereocenters. The minimum Gasteiger partial charge on any atom is -0.496 e. The molecule has 1 aliphatic rings. The van der Waals surface area contributed by atoms with E-state index in [0.29, 0.717) is 25.5 Å². The van der Waals surface area contributed by atoms with Gasteiger partial charge in [0.15, 0.2) is 11.5 Å². The van der Waals surface area contributed by atoms with Crippen LogP contribution >= 0.6 is 0 Å². The maximum Gasteiger partial charge on any atom is 0.244 e. The number of rotatable bonds is 5. The summed E-state index contributed by atoms with van der Waals surface area (Å²) in [6, 6.07) is 13.2. The van der Waals surface area contributed by atoms with E-state index in [2.05, 4.69) is 5.32 Å². The van der Waals surface area contributed by atoms with Crippen molar-refractivity contribution < 1.29 is 19.0 Å². The van der Waals surface area contributed by atoms with Gasteiger partial charge in [-0.3, -0.25) is 4.79 Å². The smallest absolute Gasteiger partial charge is 0.244 e. The second-order valence-electron chi connectivity index (χ2n) is 5.27. The van der Waals surface area contributed by atoms with E-state index in [0.717, 1.165) is 22.6 Å². The van der Waals surface area contributed by atoms with Crippen LogP contribution < -0.4 is 19.5 Å². The number of benzene rings is 2. The second-order valence-corrected chi connectivity index (χ2v) is 5.27. The van der Waals surface area contributed by atoms with Gasteiger partial charge in [0, 0.05) is 18.2 Å². The van der Waals surface area contributed by atoms with Crippen molar-refractivity contribution in [3.8, 4) is 17.2 Å². The van der Waals surface area contributed by atoms with E-state index >= 15 is 0 Å². The normalized spacial score (nSPS) is 12.9. The van der Waals surface area contributed by atoms with Crippen molar-refractivity contribution >= 4 is 12.0 Å². The molecule has 3 rings (SSSR count). The Morgan fingerprint density at radius 1 is 1.17 bits per heavy atom. The maximum atomic E-state index is 12.0. The number of carbonyl (C=O) groups excluding carboxylic acids is 1. The van der Waals surface area contributed by atoms with Crippen LogP contribution in [0.15, 0.2) is 48.5 Å². The van der Waals surface area contributed by atoms with Crippen LogP contribution in [-0.2, 0) is 11.3 Å². The summed E-state index contributed by atoms with van der Waals surface area (Å²) < 4.78 is 16.3. The van der Waals surface area contributed by atoms with Gasteiger partial charge in [-0.05, 0) is 29.8 Å². The number of carbonyl (C=O) groups is 1. The van der Waals surface area contributed by atoms with Crippen molar-refractivity contribution in [3.05, 3.63) is 59.7 Å². The van der Waals surface area contributed by atoms with E-state index in [1.807, 2.05) is 42.5 Å². The fourth-order valence-electron chi connectivity index (χ4n) is 2.43. The molecular formula is C19H19NO4. The lowest BCUT2D eigenvalue weighted by atomic mass is 10.1. The molecule has 1 amide bonds. The fourth-order valence-corrected chi connectivity index (χ4v) is 2.43. The van der Waals surface area contributed by atoms with Crippen molar-refractivity contribution in [1.82, 2.24) is 5.32 Å². The van der Waals surface area contributed by atoms with Crippen molar-refractivity contribution in [2.75, 3.05) is 20.3 Å². The monoisotopic (exact) mass is 325 g/mol. The number of amides is 1. The van der Waals surface area contributed by atoms with E-state index in [1.54, 1.807) is 13.2 Å². The molecule has 5 heteroatoms. The third-order valence-electron chi connectivity index (χ3n) is 3.64. The van der Waals surface area contributed by atoms with E-state index in [1.165, 1.54) is 6.08 Å². The molecule has 2 aromatic carbocycles. The first-order valence-electron chi connectivity index (χ1n) is 7.74. The molecule has 1 aliphatic heterocycles. The van der Waals surface area contributed by atoms with Crippen LogP contribution in [0.2, 0.25) is 0 Å². The van der Waals surface area contributed by atoms with Crippen LogP contribution in [0, 0.1) is 0 Å². The van der Waals surface area contributed by atoms with Gasteiger partial charge in [0.2, 0.25) is 5.91 Å². The van der Waals surface area contributed by atoms with Crippen LogP contribution in [0.4, 0.5) is 0 Å². The molecule has 2 aromatic rings. The van der Waals surface area contributed by atoms with Gasteiger partial charge in [-0.2, -0.15) is 0 Å². The summed E-state index contributed by atoms with van der Waals surface area (Å²) in [5, 5.41) is 2.84. The average Bonchev–Trinajstić information content (AvgIpc) is 2.64. The fraction of sp³-hybridized carbons (Fsp3) is 0.211. The molecule has 124 valence electrons. The van der Waals surface area contributed by atoms with Gasteiger partial charge in [0.05, 0.1) is 7.11 Å². The van der Waals surface area contributed by atoms with Crippen molar-refractivity contribution in [2.24, 2.45) is 0 Å². The molecule has 0 saturated carbocycles. The number of hydrogen-bond donors (Lipinski definition) is 1. The lowest BCUT2D eigenvalue weighted by molar-refractivity contribution is -0.116. The van der Waals surface area contributed by atoms with Gasteiger partial charge in [0.25, 0.3) is 0 Å². The minimum absolute atomic E-state index is 0.171. The molecule has 24 heavy (non-hydrogen) atoms. The minimum atomic E-state index is -0.171. The Balaban J connectivity index is 1.59. The Kier molecular flexibility index (Phi) is 5.01. The van der Waals surface area contributed by atoms with Gasteiger partial charge in [-0.25, -0.2) is 0 Å². The Bertz CT molecular complexity index is 755. The first-order valence-corrected chi connectivity index (χ1v) is 7.74. The summed E-state index contributed by atoms with van der Waals surface area (Å²) in [4.78, 5) is 12.0. The first-order chi connectivity index (χ1) is 11.8. The molecule has 0 saturated heterocycles. The number of methoxy groups -OCH3 is 1. The zero-order valence-electron chi connectivity index (χ0n) is 13.5. The van der Waals surface area contributed by atoms with Gasteiger partial charge in [0.1, 0.15) is 19.0 Å². The second kappa shape index (κ2) is 7.55. The summed E-state index contributed by atoms with van der Waals surface area (Å²) in [7, 11) is 1.61. The van der Waals surface area contributed by atoms with E-state index in [-0.39, 0.29) is 5.91 Å². The van der Waals surface area contributed by atoms with Crippen LogP contribution in [0.5, 0.6) is 17.2 Å². The number of fused-ring (bicyclic) bond motifs is 1. The van der Waals surface area contributed by atoms with Gasteiger partial charge in [-0.15, -0.1) is 0 Å². The number of para-hydroxylation sites is 1. The predicted molar refractivity (Wildman–Crippen MR) is 91.3 cm³/mol. The third kappa shape index (κ3) is 3.87. The molecule has 1 heterocycles. The van der Waals surface area contributed by atoms with Crippen LogP contribution in [0.1, 0.15) is 11.1 Å². The average molecular weight is 325 g/mol. The molecule has 0 radical (unpaired) electrons. The van der Waals surface area contributed by atoms with Gasteiger partial charge >= 0.3 is 0 Å². The molecule has 0 aromatic heterocycles. The number of hydrogen-bond acceptors (Lipinski definition) is 4. The highest BCUT2D eigenvalue weighted by Crippen LogP contribution is 2.31. The zero-order valence-corrected chi connectivity index (χ0v) is 13.5. The lowest BCUT2D eigenvalue weighted by Crippen LogP contribution is -2.20. The molecule has 0 fully saturated rings. The van der Waals surface area contributed by atoms with Crippen molar-refractivity contribution in [3.63, 3.8) is 0 Å². The first kappa shape index (κ1) is 15.9. The SMILES string of the molecule is COc1ccccc1CNC(=O)/C=C/c1ccc2c(c1)OCCO2. The van der Waals surface area contributed by atoms with Crippen LogP contribution in [-0.4, -0.2) is 26.2 Å². The highest BCUT2D eigenvalue weighted by molar-refractivity contribution is 5.91. The van der Waals surface area contributed by atoms with Crippen LogP contribution in [0.25, 0.3) is 6.08 Å². The summed E-state index contributed by atoms with van der Waals surface area (Å²) in [5.74, 6) is 2.03. The van der Waals surface area contributed by atoms with E-state index in [9.17, 15) is 4.79 Å². The highest BCUT2D eigenvalue weighted by atomic mass is 16.6. The highest BCUT2D eigenvalue weighted by Gasteiger charge is 2.10. The Hall–Kier alpha value is -2.95. The number of nitrogens with one attached hydrogen (secondary N) is 1. The predicted octanol–water partition coefficient (Wildman–Crippen LogP) is 2.80. The molecule has 0 unspecified atom stereocenters. The Labute approximate surface area is 140 Å². The van der Waals surface area contributed by atoms with E-state index in [4.69, 9.17) is 14.2 Å². The lowest BCUT2D eigenvalue weighted by Gasteiger charge is -2.18. The molecule has 0 aliphatic carbocycles. The topological polar surface area (TPSA) is 56.8 Å². The van der Waals surface area contributed by atoms with Crippen molar-refractivity contribution in [1.29, 1.82) is 0 Å². The Morgan fingerprint density at radius 3 is 2.79 bits per heavy atom. The summed E-state index contributed by atoms with van der Waals surface area (Å²) in [5.41, 5.74) is 1.81. The number of ether oxygens (including phenoxy) is 3. The molecule has 0 spiro atoms. The molecule has 0 bridgehead atoms. The summed E-state index contributed by atoms with van der Waals surface area (Å²) in [6.07, 6.45) is 3.25. The molecule has 5 nitrogen and oxygen atoms in total. The van der Waals surface area contributed by atoms with Gasteiger partial charge < -0.3 is 19.5 Å². The van der Waals surface area contributed by atoms with Crippen molar-refractivity contribution in [2.45, 2.75) is 6.54 Å². The Morgan fingerprint density at radius 2 is 1.96 bits per heavy atom. The molecule has 1 N–H and O–H groups in total. The van der Waals surface area contributed by atoms with E-state index < -0.39 is 0 Å². The van der Waals surface area contributed by atoms with Crippen LogP contribution in [0.3, 0.4) is 0 Å². The summed E-state index contributed by atoms with van der Waals surface area (Å²) in [6.45, 7) is 1.52. The summed E-state index contributed by atoms with van der Waals surface area (Å²) >= 11 is 0. The zero-order chi connectivity index (χ0) is 16.8. The quantitative estimate of drug-likeness (QED) is 0.859. The van der Waals surface area contributed by atoms with Gasteiger partial charge in [-0.1, -0.05) is 24.3 Å². The third-order valence-corrected chi connectivity index (χ3v) is 3.64.